The van der Waals surface area contributed by atoms with E-state index >= 15 is 0 Å². The third-order valence-electron chi connectivity index (χ3n) is 8.17. The van der Waals surface area contributed by atoms with Crippen LogP contribution in [0.5, 0.6) is 0 Å². The molecule has 1 aliphatic carbocycles. The van der Waals surface area contributed by atoms with Gasteiger partial charge < -0.3 is 15.6 Å². The number of anilines is 3. The van der Waals surface area contributed by atoms with Crippen LogP contribution in [0.3, 0.4) is 0 Å². The van der Waals surface area contributed by atoms with Crippen molar-refractivity contribution in [2.24, 2.45) is 5.41 Å². The van der Waals surface area contributed by atoms with E-state index in [1.165, 1.54) is 12.8 Å². The fourth-order valence-electron chi connectivity index (χ4n) is 6.47. The monoisotopic (exact) mass is 474 g/mol. The van der Waals surface area contributed by atoms with Crippen molar-refractivity contribution in [2.75, 3.05) is 15.6 Å². The number of carbonyl (C=O) groups is 2. The molecule has 5 rings (SSSR count). The molecule has 35 heavy (non-hydrogen) atoms. The molecule has 1 spiro atoms. The molecule has 186 valence electrons. The Morgan fingerprint density at radius 3 is 2.40 bits per heavy atom. The lowest BCUT2D eigenvalue weighted by atomic mass is 9.63. The van der Waals surface area contributed by atoms with Crippen molar-refractivity contribution in [2.45, 2.75) is 89.6 Å². The SMILES string of the molecule is CC1CC(C)N(c2cccc(NC(=O)C3c4ccccc4NC(=O)C34CCCCCCCC4)c2)N1. The van der Waals surface area contributed by atoms with Crippen molar-refractivity contribution in [3.63, 3.8) is 0 Å². The van der Waals surface area contributed by atoms with Crippen molar-refractivity contribution >= 4 is 28.9 Å². The van der Waals surface area contributed by atoms with Crippen LogP contribution in [0.15, 0.2) is 48.5 Å². The highest BCUT2D eigenvalue weighted by atomic mass is 16.2. The van der Waals surface area contributed by atoms with Crippen LogP contribution in [0.2, 0.25) is 0 Å². The quantitative estimate of drug-likeness (QED) is 0.512. The molecule has 1 saturated heterocycles. The third-order valence-corrected chi connectivity index (χ3v) is 8.17. The highest BCUT2D eigenvalue weighted by Gasteiger charge is 2.52. The standard InChI is InChI=1S/C29H38N4O2/c1-20-18-21(2)33(32-20)23-13-11-12-22(19-23)30-27(34)26-24-14-7-8-15-25(24)31-28(35)29(26)16-9-5-3-4-6-10-17-29/h7-8,11-15,19-21,26,32H,3-6,9-10,16-18H2,1-2H3,(H,30,34)(H,31,35). The minimum atomic E-state index is -0.707. The number of carbonyl (C=O) groups excluding carboxylic acids is 2. The second kappa shape index (κ2) is 10.0. The molecule has 2 aromatic carbocycles. The predicted octanol–water partition coefficient (Wildman–Crippen LogP) is 5.97. The van der Waals surface area contributed by atoms with E-state index in [9.17, 15) is 9.59 Å². The molecule has 0 bridgehead atoms. The second-order valence-electron chi connectivity index (χ2n) is 10.8. The zero-order chi connectivity index (χ0) is 24.4. The molecule has 2 aromatic rings. The van der Waals surface area contributed by atoms with Gasteiger partial charge in [0.1, 0.15) is 0 Å². The lowest BCUT2D eigenvalue weighted by molar-refractivity contribution is -0.134. The van der Waals surface area contributed by atoms with Crippen molar-refractivity contribution in [1.82, 2.24) is 5.43 Å². The van der Waals surface area contributed by atoms with Gasteiger partial charge in [0.15, 0.2) is 0 Å². The van der Waals surface area contributed by atoms with E-state index in [0.29, 0.717) is 12.1 Å². The van der Waals surface area contributed by atoms with Gasteiger partial charge in [-0.25, -0.2) is 5.43 Å². The van der Waals surface area contributed by atoms with Crippen molar-refractivity contribution in [1.29, 1.82) is 0 Å². The number of benzene rings is 2. The van der Waals surface area contributed by atoms with E-state index in [-0.39, 0.29) is 11.8 Å². The van der Waals surface area contributed by atoms with E-state index in [4.69, 9.17) is 0 Å². The molecule has 2 aliphatic heterocycles. The Morgan fingerprint density at radius 2 is 1.69 bits per heavy atom. The maximum Gasteiger partial charge on any atom is 0.233 e. The maximum atomic E-state index is 14.1. The molecular weight excluding hydrogens is 436 g/mol. The van der Waals surface area contributed by atoms with Crippen molar-refractivity contribution in [3.8, 4) is 0 Å². The number of hydrazine groups is 1. The lowest BCUT2D eigenvalue weighted by Crippen LogP contribution is -2.49. The highest BCUT2D eigenvalue weighted by Crippen LogP contribution is 2.51. The summed E-state index contributed by atoms with van der Waals surface area (Å²) >= 11 is 0. The summed E-state index contributed by atoms with van der Waals surface area (Å²) in [5.74, 6) is -0.575. The van der Waals surface area contributed by atoms with Gasteiger partial charge >= 0.3 is 0 Å². The first kappa shape index (κ1) is 23.9. The Morgan fingerprint density at radius 1 is 0.971 bits per heavy atom. The van der Waals surface area contributed by atoms with Gasteiger partial charge in [0.05, 0.1) is 17.0 Å². The van der Waals surface area contributed by atoms with Crippen LogP contribution in [-0.4, -0.2) is 23.9 Å². The summed E-state index contributed by atoms with van der Waals surface area (Å²) in [7, 11) is 0. The van der Waals surface area contributed by atoms with E-state index in [1.54, 1.807) is 0 Å². The lowest BCUT2D eigenvalue weighted by Gasteiger charge is -2.43. The van der Waals surface area contributed by atoms with Crippen LogP contribution in [0.4, 0.5) is 17.1 Å². The molecule has 1 saturated carbocycles. The van der Waals surface area contributed by atoms with Gasteiger partial charge in [0.25, 0.3) is 0 Å². The number of nitrogens with one attached hydrogen (secondary N) is 3. The van der Waals surface area contributed by atoms with E-state index < -0.39 is 11.3 Å². The highest BCUT2D eigenvalue weighted by molar-refractivity contribution is 6.08. The molecule has 2 amide bonds. The van der Waals surface area contributed by atoms with Gasteiger partial charge in [-0.1, -0.05) is 62.8 Å². The molecule has 6 nitrogen and oxygen atoms in total. The van der Waals surface area contributed by atoms with Crippen molar-refractivity contribution < 1.29 is 9.59 Å². The predicted molar refractivity (Wildman–Crippen MR) is 141 cm³/mol. The molecule has 3 aliphatic rings. The Labute approximate surface area is 208 Å². The molecule has 0 aromatic heterocycles. The molecule has 2 heterocycles. The first-order chi connectivity index (χ1) is 17.0. The number of nitrogens with zero attached hydrogens (tertiary/aromatic N) is 1. The van der Waals surface area contributed by atoms with Gasteiger partial charge in [0.2, 0.25) is 11.8 Å². The van der Waals surface area contributed by atoms with Gasteiger partial charge in [-0.05, 0) is 62.9 Å². The summed E-state index contributed by atoms with van der Waals surface area (Å²) in [6.07, 6.45) is 9.18. The summed E-state index contributed by atoms with van der Waals surface area (Å²) in [6.45, 7) is 4.39. The minimum Gasteiger partial charge on any atom is -0.325 e. The zero-order valence-electron chi connectivity index (χ0n) is 21.0. The number of hydrogen-bond donors (Lipinski definition) is 3. The van der Waals surface area contributed by atoms with E-state index in [2.05, 4.69) is 41.0 Å². The summed E-state index contributed by atoms with van der Waals surface area (Å²) in [4.78, 5) is 27.7. The fraction of sp³-hybridized carbons (Fsp3) is 0.517. The maximum absolute atomic E-state index is 14.1. The Hall–Kier alpha value is -2.86. The summed E-state index contributed by atoms with van der Waals surface area (Å²) in [5, 5.41) is 8.56. The Kier molecular flexibility index (Phi) is 6.83. The smallest absolute Gasteiger partial charge is 0.233 e. The average molecular weight is 475 g/mol. The molecule has 3 unspecified atom stereocenters. The fourth-order valence-corrected chi connectivity index (χ4v) is 6.47. The largest absolute Gasteiger partial charge is 0.325 e. The van der Waals surface area contributed by atoms with Crippen LogP contribution >= 0.6 is 0 Å². The van der Waals surface area contributed by atoms with Gasteiger partial charge in [-0.3, -0.25) is 9.59 Å². The van der Waals surface area contributed by atoms with Crippen LogP contribution in [-0.2, 0) is 9.59 Å². The van der Waals surface area contributed by atoms with Gasteiger partial charge in [0, 0.05) is 23.5 Å². The molecule has 3 atom stereocenters. The number of para-hydroxylation sites is 1. The first-order valence-corrected chi connectivity index (χ1v) is 13.3. The molecular formula is C29H38N4O2. The number of fused-ring (bicyclic) bond motifs is 1. The van der Waals surface area contributed by atoms with E-state index in [0.717, 1.165) is 67.6 Å². The number of hydrogen-bond acceptors (Lipinski definition) is 4. The normalized spacial score (nSPS) is 26.3. The summed E-state index contributed by atoms with van der Waals surface area (Å²) in [5.41, 5.74) is 6.31. The molecule has 0 radical (unpaired) electrons. The summed E-state index contributed by atoms with van der Waals surface area (Å²) in [6, 6.07) is 16.7. The molecule has 6 heteroatoms. The second-order valence-corrected chi connectivity index (χ2v) is 10.8. The van der Waals surface area contributed by atoms with Crippen LogP contribution in [0, 0.1) is 5.41 Å². The van der Waals surface area contributed by atoms with Crippen LogP contribution in [0.25, 0.3) is 0 Å². The van der Waals surface area contributed by atoms with Crippen molar-refractivity contribution in [3.05, 3.63) is 54.1 Å². The number of amides is 2. The summed E-state index contributed by atoms with van der Waals surface area (Å²) < 4.78 is 0. The van der Waals surface area contributed by atoms with Crippen LogP contribution < -0.4 is 21.1 Å². The average Bonchev–Trinajstić information content (AvgIpc) is 3.24. The number of rotatable bonds is 3. The Balaban J connectivity index is 1.47. The third kappa shape index (κ3) is 4.68. The van der Waals surface area contributed by atoms with E-state index in [1.807, 2.05) is 42.5 Å². The van der Waals surface area contributed by atoms with Crippen LogP contribution in [0.1, 0.15) is 83.1 Å². The molecule has 2 fully saturated rings. The van der Waals surface area contributed by atoms with Gasteiger partial charge in [-0.15, -0.1) is 0 Å². The van der Waals surface area contributed by atoms with Gasteiger partial charge in [-0.2, -0.15) is 0 Å². The minimum absolute atomic E-state index is 0.0103. The zero-order valence-corrected chi connectivity index (χ0v) is 21.0. The topological polar surface area (TPSA) is 73.5 Å². The Bertz CT molecular complexity index is 1070. The molecule has 3 N–H and O–H groups in total. The first-order valence-electron chi connectivity index (χ1n) is 13.3.